The Hall–Kier alpha value is -0.570. The molecule has 0 spiro atoms. The van der Waals surface area contributed by atoms with Crippen LogP contribution in [0.15, 0.2) is 0 Å². The van der Waals surface area contributed by atoms with E-state index in [1.165, 1.54) is 0 Å². The van der Waals surface area contributed by atoms with Crippen LogP contribution < -0.4 is 0 Å². The van der Waals surface area contributed by atoms with E-state index in [1.807, 2.05) is 46.4 Å². The Kier molecular flexibility index (Phi) is 3.15. The second-order valence-electron chi connectivity index (χ2n) is 6.12. The van der Waals surface area contributed by atoms with Crippen LogP contribution >= 0.6 is 0 Å². The van der Waals surface area contributed by atoms with Gasteiger partial charge in [0.25, 0.3) is 0 Å². The molecule has 0 aromatic rings. The molecule has 1 unspecified atom stereocenters. The fourth-order valence-corrected chi connectivity index (χ4v) is 2.08. The molecule has 1 aliphatic heterocycles. The van der Waals surface area contributed by atoms with Crippen molar-refractivity contribution in [3.63, 3.8) is 0 Å². The molecule has 0 saturated carbocycles. The maximum Gasteiger partial charge on any atom is 0.228 e. The van der Waals surface area contributed by atoms with Crippen LogP contribution in [-0.2, 0) is 9.53 Å². The van der Waals surface area contributed by atoms with E-state index < -0.39 is 0 Å². The Balaban J connectivity index is 2.75. The van der Waals surface area contributed by atoms with E-state index in [1.54, 1.807) is 0 Å². The normalized spacial score (nSPS) is 26.5. The van der Waals surface area contributed by atoms with E-state index in [2.05, 4.69) is 0 Å². The van der Waals surface area contributed by atoms with Crippen LogP contribution in [0.3, 0.4) is 0 Å². The summed E-state index contributed by atoms with van der Waals surface area (Å²) in [4.78, 5) is 14.0. The standard InChI is InChI=1S/C12H23NO2/c1-9-7-13(8-12(5,6)15-9)10(14)11(2,3)4/h9H,7-8H2,1-6H3. The Morgan fingerprint density at radius 2 is 1.93 bits per heavy atom. The zero-order valence-corrected chi connectivity index (χ0v) is 10.8. The van der Waals surface area contributed by atoms with Crippen molar-refractivity contribution in [1.82, 2.24) is 4.90 Å². The van der Waals surface area contributed by atoms with Crippen molar-refractivity contribution in [1.29, 1.82) is 0 Å². The molecule has 0 N–H and O–H groups in total. The molecule has 1 fully saturated rings. The van der Waals surface area contributed by atoms with E-state index in [0.717, 1.165) is 0 Å². The third-order valence-electron chi connectivity index (χ3n) is 2.50. The lowest BCUT2D eigenvalue weighted by atomic mass is 9.93. The second kappa shape index (κ2) is 3.78. The number of morpholine rings is 1. The first-order valence-electron chi connectivity index (χ1n) is 5.59. The van der Waals surface area contributed by atoms with Crippen LogP contribution in [0.5, 0.6) is 0 Å². The minimum absolute atomic E-state index is 0.125. The van der Waals surface area contributed by atoms with Crippen LogP contribution in [0.2, 0.25) is 0 Å². The van der Waals surface area contributed by atoms with Gasteiger partial charge in [-0.25, -0.2) is 0 Å². The Labute approximate surface area is 92.8 Å². The molecule has 88 valence electrons. The molecule has 0 radical (unpaired) electrons. The monoisotopic (exact) mass is 213 g/mol. The Morgan fingerprint density at radius 3 is 2.33 bits per heavy atom. The number of ether oxygens (including phenoxy) is 1. The van der Waals surface area contributed by atoms with E-state index in [9.17, 15) is 4.79 Å². The summed E-state index contributed by atoms with van der Waals surface area (Å²) < 4.78 is 5.77. The maximum atomic E-state index is 12.1. The highest BCUT2D eigenvalue weighted by Gasteiger charge is 2.37. The van der Waals surface area contributed by atoms with E-state index in [4.69, 9.17) is 4.74 Å². The number of rotatable bonds is 0. The van der Waals surface area contributed by atoms with E-state index in [-0.39, 0.29) is 23.0 Å². The lowest BCUT2D eigenvalue weighted by molar-refractivity contribution is -0.164. The molecular weight excluding hydrogens is 190 g/mol. The molecule has 0 bridgehead atoms. The minimum Gasteiger partial charge on any atom is -0.369 e. The fourth-order valence-electron chi connectivity index (χ4n) is 2.08. The highest BCUT2D eigenvalue weighted by atomic mass is 16.5. The van der Waals surface area contributed by atoms with Crippen molar-refractivity contribution in [2.24, 2.45) is 5.41 Å². The van der Waals surface area contributed by atoms with Crippen LogP contribution in [-0.4, -0.2) is 35.6 Å². The van der Waals surface area contributed by atoms with Crippen molar-refractivity contribution in [3.05, 3.63) is 0 Å². The van der Waals surface area contributed by atoms with Gasteiger partial charge in [-0.1, -0.05) is 20.8 Å². The predicted octanol–water partition coefficient (Wildman–Crippen LogP) is 2.06. The maximum absolute atomic E-state index is 12.1. The summed E-state index contributed by atoms with van der Waals surface area (Å²) in [5, 5.41) is 0. The number of hydrogen-bond acceptors (Lipinski definition) is 2. The summed E-state index contributed by atoms with van der Waals surface area (Å²) in [6.45, 7) is 13.4. The Bertz CT molecular complexity index is 253. The molecule has 1 amide bonds. The SMILES string of the molecule is CC1CN(C(=O)C(C)(C)C)CC(C)(C)O1. The lowest BCUT2D eigenvalue weighted by Gasteiger charge is -2.43. The molecule has 1 rings (SSSR count). The molecule has 1 heterocycles. The van der Waals surface area contributed by atoms with Crippen LogP contribution in [0, 0.1) is 5.41 Å². The van der Waals surface area contributed by atoms with E-state index >= 15 is 0 Å². The molecule has 15 heavy (non-hydrogen) atoms. The number of amides is 1. The number of nitrogens with zero attached hydrogens (tertiary/aromatic N) is 1. The average molecular weight is 213 g/mol. The van der Waals surface area contributed by atoms with Crippen LogP contribution in [0.4, 0.5) is 0 Å². The summed E-state index contributed by atoms with van der Waals surface area (Å²) >= 11 is 0. The fraction of sp³-hybridized carbons (Fsp3) is 0.917. The van der Waals surface area contributed by atoms with Gasteiger partial charge in [-0.05, 0) is 20.8 Å². The molecular formula is C12H23NO2. The topological polar surface area (TPSA) is 29.5 Å². The van der Waals surface area contributed by atoms with Crippen LogP contribution in [0.1, 0.15) is 41.5 Å². The van der Waals surface area contributed by atoms with Crippen molar-refractivity contribution in [2.75, 3.05) is 13.1 Å². The summed E-state index contributed by atoms with van der Waals surface area (Å²) in [5.41, 5.74) is -0.522. The molecule has 1 atom stereocenters. The highest BCUT2D eigenvalue weighted by Crippen LogP contribution is 2.25. The third-order valence-corrected chi connectivity index (χ3v) is 2.50. The zero-order valence-electron chi connectivity index (χ0n) is 10.8. The summed E-state index contributed by atoms with van der Waals surface area (Å²) in [6, 6.07) is 0. The zero-order chi connectivity index (χ0) is 11.9. The predicted molar refractivity (Wildman–Crippen MR) is 60.7 cm³/mol. The van der Waals surface area contributed by atoms with Crippen molar-refractivity contribution in [3.8, 4) is 0 Å². The van der Waals surface area contributed by atoms with Crippen molar-refractivity contribution in [2.45, 2.75) is 53.2 Å². The van der Waals surface area contributed by atoms with E-state index in [0.29, 0.717) is 13.1 Å². The molecule has 0 aromatic carbocycles. The van der Waals surface area contributed by atoms with Gasteiger partial charge in [-0.3, -0.25) is 4.79 Å². The van der Waals surface area contributed by atoms with Gasteiger partial charge in [-0.15, -0.1) is 0 Å². The minimum atomic E-state index is -0.298. The summed E-state index contributed by atoms with van der Waals surface area (Å²) in [6.07, 6.45) is 0.125. The van der Waals surface area contributed by atoms with Crippen molar-refractivity contribution >= 4 is 5.91 Å². The molecule has 1 aliphatic rings. The van der Waals surface area contributed by atoms with Gasteiger partial charge in [0, 0.05) is 18.5 Å². The van der Waals surface area contributed by atoms with Gasteiger partial charge in [0.05, 0.1) is 11.7 Å². The van der Waals surface area contributed by atoms with Gasteiger partial charge in [-0.2, -0.15) is 0 Å². The second-order valence-corrected chi connectivity index (χ2v) is 6.12. The van der Waals surface area contributed by atoms with Gasteiger partial charge >= 0.3 is 0 Å². The number of hydrogen-bond donors (Lipinski definition) is 0. The highest BCUT2D eigenvalue weighted by molar-refractivity contribution is 5.81. The molecule has 0 aromatic heterocycles. The first-order valence-corrected chi connectivity index (χ1v) is 5.59. The molecule has 1 saturated heterocycles. The average Bonchev–Trinajstić information content (AvgIpc) is 1.97. The third kappa shape index (κ3) is 3.20. The summed E-state index contributed by atoms with van der Waals surface area (Å²) in [5.74, 6) is 0.214. The lowest BCUT2D eigenvalue weighted by Crippen LogP contribution is -2.56. The van der Waals surface area contributed by atoms with Crippen LogP contribution in [0.25, 0.3) is 0 Å². The number of carbonyl (C=O) groups excluding carboxylic acids is 1. The van der Waals surface area contributed by atoms with Gasteiger partial charge in [0.2, 0.25) is 5.91 Å². The smallest absolute Gasteiger partial charge is 0.228 e. The quantitative estimate of drug-likeness (QED) is 0.616. The van der Waals surface area contributed by atoms with Gasteiger partial charge in [0.1, 0.15) is 0 Å². The number of carbonyl (C=O) groups is 1. The van der Waals surface area contributed by atoms with Crippen molar-refractivity contribution < 1.29 is 9.53 Å². The van der Waals surface area contributed by atoms with Gasteiger partial charge < -0.3 is 9.64 Å². The first kappa shape index (κ1) is 12.5. The summed E-state index contributed by atoms with van der Waals surface area (Å²) in [7, 11) is 0. The van der Waals surface area contributed by atoms with Gasteiger partial charge in [0.15, 0.2) is 0 Å². The molecule has 3 nitrogen and oxygen atoms in total. The molecule has 0 aliphatic carbocycles. The first-order chi connectivity index (χ1) is 6.62. The Morgan fingerprint density at radius 1 is 1.40 bits per heavy atom. The molecule has 3 heteroatoms. The largest absolute Gasteiger partial charge is 0.369 e.